The van der Waals surface area contributed by atoms with Crippen LogP contribution in [0.2, 0.25) is 0 Å². The van der Waals surface area contributed by atoms with Crippen LogP contribution in [0.4, 0.5) is 68.8 Å². The van der Waals surface area contributed by atoms with Gasteiger partial charge in [-0.25, -0.2) is 39.9 Å². The van der Waals surface area contributed by atoms with E-state index in [1.165, 1.54) is 77.8 Å². The molecule has 36 nitrogen and oxygen atoms in total. The standard InChI is InChI=1S/C27H48N6O2.2C21H30N8O2.C21H40N6O2/c28-25-23-26-27(29-24-25)33(18-22-35-20-8-14-31-11-5-2-6-12-31)16-15-32(26)17-21-34-19-7-13-30-9-3-1-4-10-30;2*22-19-15-20-21(25-16-19)29(10-14-31-12-8-27-4-2-24-18-27)6-5-28(20)9-13-30-11-7-26-3-1-23-17-26;1-24(2)7-5-13-28-15-11-26-9-10-27(12-16-29-14-6-8-25(3)4)21-20(26)17-19(22)18-23-21/h23-24H,1-22,28H2;2*1-4,15-18H,5-14,22H2;17-18H,5-16,22H2,1-4H3. The Morgan fingerprint density at radius 3 is 0.722 bits per heavy atom. The molecular formula is C90H148N28O8. The number of fused-ring (bicyclic) bond motifs is 4. The number of likely N-dealkylation sites (tertiary alicyclic amines) is 2. The quantitative estimate of drug-likeness (QED) is 0.0294. The van der Waals surface area contributed by atoms with Crippen molar-refractivity contribution in [2.24, 2.45) is 0 Å². The van der Waals surface area contributed by atoms with Crippen molar-refractivity contribution in [3.63, 3.8) is 0 Å². The van der Waals surface area contributed by atoms with Crippen molar-refractivity contribution in [3.8, 4) is 0 Å². The molecule has 14 rings (SSSR count). The monoisotopic (exact) mass is 1750 g/mol. The van der Waals surface area contributed by atoms with Gasteiger partial charge in [0.2, 0.25) is 0 Å². The fourth-order valence-electron chi connectivity index (χ4n) is 16.1. The fraction of sp³-hybridized carbons (Fsp3) is 0.644. The summed E-state index contributed by atoms with van der Waals surface area (Å²) in [6, 6.07) is 8.09. The Morgan fingerprint density at radius 1 is 0.262 bits per heavy atom. The third-order valence-electron chi connectivity index (χ3n) is 23.1. The summed E-state index contributed by atoms with van der Waals surface area (Å²) in [6.07, 6.45) is 41.6. The van der Waals surface area contributed by atoms with Crippen LogP contribution in [0.3, 0.4) is 0 Å². The van der Waals surface area contributed by atoms with Gasteiger partial charge in [0.1, 0.15) is 0 Å². The lowest BCUT2D eigenvalue weighted by atomic mass is 10.1. The first kappa shape index (κ1) is 97.2. The van der Waals surface area contributed by atoms with Gasteiger partial charge < -0.3 is 138 Å². The highest BCUT2D eigenvalue weighted by molar-refractivity contribution is 5.76. The van der Waals surface area contributed by atoms with Crippen LogP contribution in [-0.4, -0.2) is 369 Å². The number of anilines is 12. The predicted octanol–water partition coefficient (Wildman–Crippen LogP) is 6.54. The number of nitrogens with two attached hydrogens (primary N) is 4. The third-order valence-corrected chi connectivity index (χ3v) is 23.1. The van der Waals surface area contributed by atoms with Gasteiger partial charge in [-0.05, 0) is 143 Å². The zero-order chi connectivity index (χ0) is 87.8. The summed E-state index contributed by atoms with van der Waals surface area (Å²) in [5.74, 6) is 3.93. The van der Waals surface area contributed by atoms with E-state index >= 15 is 0 Å². The summed E-state index contributed by atoms with van der Waals surface area (Å²) >= 11 is 0. The van der Waals surface area contributed by atoms with Crippen molar-refractivity contribution < 1.29 is 37.9 Å². The van der Waals surface area contributed by atoms with Crippen molar-refractivity contribution in [3.05, 3.63) is 124 Å². The van der Waals surface area contributed by atoms with E-state index in [1.807, 2.05) is 61.3 Å². The molecule has 36 heteroatoms. The maximum Gasteiger partial charge on any atom is 0.152 e. The molecule has 2 saturated heterocycles. The van der Waals surface area contributed by atoms with Crippen LogP contribution >= 0.6 is 0 Å². The van der Waals surface area contributed by atoms with Crippen LogP contribution in [0.5, 0.6) is 0 Å². The molecule has 14 heterocycles. The first-order valence-corrected chi connectivity index (χ1v) is 46.1. The van der Waals surface area contributed by atoms with Gasteiger partial charge in [0.05, 0.1) is 175 Å². The molecule has 6 aliphatic heterocycles. The average molecular weight is 1750 g/mol. The van der Waals surface area contributed by atoms with Gasteiger partial charge in [0, 0.05) is 220 Å². The van der Waals surface area contributed by atoms with E-state index in [9.17, 15) is 0 Å². The van der Waals surface area contributed by atoms with E-state index < -0.39 is 0 Å². The molecule has 2 fully saturated rings. The molecule has 0 aliphatic carbocycles. The molecule has 696 valence electrons. The lowest BCUT2D eigenvalue weighted by Gasteiger charge is -2.38. The van der Waals surface area contributed by atoms with Crippen LogP contribution in [0, 0.1) is 0 Å². The summed E-state index contributed by atoms with van der Waals surface area (Å²) in [5.41, 5.74) is 31.3. The highest BCUT2D eigenvalue weighted by Crippen LogP contribution is 2.36. The van der Waals surface area contributed by atoms with Crippen molar-refractivity contribution in [2.45, 2.75) is 90.4 Å². The minimum atomic E-state index is 0.650. The van der Waals surface area contributed by atoms with Gasteiger partial charge in [-0.2, -0.15) is 0 Å². The molecular weight excluding hydrogens is 1600 g/mol. The number of aromatic nitrogens is 12. The van der Waals surface area contributed by atoms with Crippen LogP contribution < -0.4 is 62.1 Å². The number of hydrogen-bond donors (Lipinski definition) is 4. The highest BCUT2D eigenvalue weighted by atomic mass is 16.5. The highest BCUT2D eigenvalue weighted by Gasteiger charge is 2.29. The summed E-state index contributed by atoms with van der Waals surface area (Å²) in [4.78, 5) is 62.7. The van der Waals surface area contributed by atoms with Gasteiger partial charge in [-0.1, -0.05) is 12.8 Å². The maximum atomic E-state index is 6.10. The number of rotatable bonds is 52. The Kier molecular flexibility index (Phi) is 43.2. The van der Waals surface area contributed by atoms with Gasteiger partial charge in [0.25, 0.3) is 0 Å². The van der Waals surface area contributed by atoms with E-state index in [0.717, 1.165) is 262 Å². The van der Waals surface area contributed by atoms with Gasteiger partial charge in [0.15, 0.2) is 23.3 Å². The minimum Gasteiger partial charge on any atom is -0.397 e. The summed E-state index contributed by atoms with van der Waals surface area (Å²) < 4.78 is 54.9. The molecule has 0 aromatic carbocycles. The normalized spacial score (nSPS) is 15.4. The maximum absolute atomic E-state index is 6.10. The Balaban J connectivity index is 0.000000164. The molecule has 0 unspecified atom stereocenters. The fourth-order valence-corrected chi connectivity index (χ4v) is 16.1. The molecule has 8 aromatic heterocycles. The number of ether oxygens (including phenoxy) is 8. The van der Waals surface area contributed by atoms with Crippen molar-refractivity contribution in [2.75, 3.05) is 353 Å². The molecule has 0 atom stereocenters. The Morgan fingerprint density at radius 2 is 0.484 bits per heavy atom. The molecule has 0 saturated carbocycles. The number of hydrogen-bond acceptors (Lipinski definition) is 32. The molecule has 0 spiro atoms. The summed E-state index contributed by atoms with van der Waals surface area (Å²) in [5, 5.41) is 0. The summed E-state index contributed by atoms with van der Waals surface area (Å²) in [6.45, 7) is 38.2. The largest absolute Gasteiger partial charge is 0.397 e. The molecule has 0 bridgehead atoms. The second kappa shape index (κ2) is 56.0. The number of piperidine rings is 2. The number of imidazole rings is 4. The van der Waals surface area contributed by atoms with Gasteiger partial charge >= 0.3 is 0 Å². The number of nitrogen functional groups attached to an aromatic ring is 4. The van der Waals surface area contributed by atoms with Crippen LogP contribution in [0.25, 0.3) is 0 Å². The lowest BCUT2D eigenvalue weighted by molar-refractivity contribution is 0.120. The van der Waals surface area contributed by atoms with Crippen LogP contribution in [0.15, 0.2) is 124 Å². The molecule has 0 amide bonds. The zero-order valence-electron chi connectivity index (χ0n) is 76.0. The SMILES string of the molecule is CN(C)CCCOCCN1CCN(CCOCCCN(C)C)c2ncc(N)cc21.Nc1cnc2c(c1)N(CCOCCCN1CCCCC1)CCN2CCOCCCN1CCCCC1.Nc1cnc2c(c1)N(CCOCCn1ccnc1)CCN2CCOCCn1ccnc1.Nc1cnc2c(c1)N(CCOCCn1ccnc1)CCN2CCOCCn1ccnc1. The number of pyridine rings is 4. The number of nitrogens with zero attached hydrogens (tertiary/aromatic N) is 24. The molecule has 0 radical (unpaired) electrons. The molecule has 126 heavy (non-hydrogen) atoms. The first-order chi connectivity index (χ1) is 61.8. The smallest absolute Gasteiger partial charge is 0.152 e. The average Bonchev–Trinajstić information content (AvgIpc) is 0.919. The van der Waals surface area contributed by atoms with Crippen molar-refractivity contribution in [1.82, 2.24) is 77.7 Å². The third kappa shape index (κ3) is 34.6. The van der Waals surface area contributed by atoms with E-state index in [-0.39, 0.29) is 0 Å². The molecule has 6 aliphatic rings. The second-order valence-corrected chi connectivity index (χ2v) is 33.3. The Labute approximate surface area is 748 Å². The van der Waals surface area contributed by atoms with Gasteiger partial charge in [-0.15, -0.1) is 0 Å². The van der Waals surface area contributed by atoms with Crippen molar-refractivity contribution in [1.29, 1.82) is 0 Å². The topological polar surface area (TPSA) is 340 Å². The van der Waals surface area contributed by atoms with E-state index in [1.54, 1.807) is 74.9 Å². The second-order valence-electron chi connectivity index (χ2n) is 33.3. The lowest BCUT2D eigenvalue weighted by Crippen LogP contribution is -2.44. The van der Waals surface area contributed by atoms with E-state index in [0.29, 0.717) is 82.2 Å². The van der Waals surface area contributed by atoms with E-state index in [4.69, 9.17) is 60.8 Å². The zero-order valence-corrected chi connectivity index (χ0v) is 76.0. The Hall–Kier alpha value is -9.44. The van der Waals surface area contributed by atoms with Crippen LogP contribution in [-0.2, 0) is 64.1 Å². The predicted molar refractivity (Wildman–Crippen MR) is 504 cm³/mol. The minimum absolute atomic E-state index is 0.650. The molecule has 8 N–H and O–H groups in total. The van der Waals surface area contributed by atoms with Gasteiger partial charge in [-0.3, -0.25) is 0 Å². The Bertz CT molecular complexity index is 4000. The van der Waals surface area contributed by atoms with Crippen LogP contribution in [0.1, 0.15) is 64.2 Å². The first-order valence-electron chi connectivity index (χ1n) is 46.1. The van der Waals surface area contributed by atoms with E-state index in [2.05, 4.69) is 133 Å². The molecule has 8 aromatic rings. The van der Waals surface area contributed by atoms with Crippen molar-refractivity contribution >= 4 is 68.8 Å². The summed E-state index contributed by atoms with van der Waals surface area (Å²) in [7, 11) is 8.34.